The third-order valence-electron chi connectivity index (χ3n) is 2.12. The van der Waals surface area contributed by atoms with Gasteiger partial charge in [-0.15, -0.1) is 0 Å². The first-order chi connectivity index (χ1) is 5.35. The second-order valence-corrected chi connectivity index (χ2v) is 3.06. The van der Waals surface area contributed by atoms with Gasteiger partial charge >= 0.3 is 0 Å². The lowest BCUT2D eigenvalue weighted by atomic mass is 10.0. The Labute approximate surface area is 70.0 Å². The summed E-state index contributed by atoms with van der Waals surface area (Å²) >= 11 is 0. The third kappa shape index (κ3) is 6.32. The van der Waals surface area contributed by atoms with E-state index in [9.17, 15) is 0 Å². The van der Waals surface area contributed by atoms with Gasteiger partial charge in [0.25, 0.3) is 0 Å². The summed E-state index contributed by atoms with van der Waals surface area (Å²) in [6.07, 6.45) is 4.75. The van der Waals surface area contributed by atoms with Crippen molar-refractivity contribution in [2.24, 2.45) is 5.92 Å². The molecule has 0 rings (SSSR count). The average Bonchev–Trinajstić information content (AvgIpc) is 2.05. The number of nitrogens with one attached hydrogen (secondary N) is 1. The maximum atomic E-state index is 8.87. The molecule has 68 valence electrons. The van der Waals surface area contributed by atoms with E-state index in [0.29, 0.717) is 12.5 Å². The Kier molecular flexibility index (Phi) is 7.96. The molecular weight excluding hydrogens is 138 g/mol. The highest BCUT2D eigenvalue weighted by molar-refractivity contribution is 4.55. The topological polar surface area (TPSA) is 32.3 Å². The van der Waals surface area contributed by atoms with E-state index in [1.807, 2.05) is 7.05 Å². The molecule has 0 aromatic carbocycles. The van der Waals surface area contributed by atoms with Gasteiger partial charge in [0, 0.05) is 6.61 Å². The van der Waals surface area contributed by atoms with Gasteiger partial charge in [0.05, 0.1) is 0 Å². The van der Waals surface area contributed by atoms with E-state index in [0.717, 1.165) is 13.0 Å². The predicted octanol–water partition coefficient (Wildman–Crippen LogP) is 1.39. The highest BCUT2D eigenvalue weighted by Crippen LogP contribution is 2.10. The van der Waals surface area contributed by atoms with E-state index >= 15 is 0 Å². The van der Waals surface area contributed by atoms with Gasteiger partial charge in [-0.25, -0.2) is 0 Å². The summed E-state index contributed by atoms with van der Waals surface area (Å²) in [6.45, 7) is 3.59. The van der Waals surface area contributed by atoms with Gasteiger partial charge in [-0.3, -0.25) is 0 Å². The van der Waals surface area contributed by atoms with Crippen LogP contribution in [0.3, 0.4) is 0 Å². The minimum atomic E-state index is 0.357. The van der Waals surface area contributed by atoms with Gasteiger partial charge in [0.15, 0.2) is 0 Å². The van der Waals surface area contributed by atoms with Crippen molar-refractivity contribution in [3.8, 4) is 0 Å². The van der Waals surface area contributed by atoms with Crippen LogP contribution >= 0.6 is 0 Å². The van der Waals surface area contributed by atoms with Crippen molar-refractivity contribution < 1.29 is 5.11 Å². The van der Waals surface area contributed by atoms with Crippen LogP contribution in [0, 0.1) is 5.92 Å². The van der Waals surface area contributed by atoms with E-state index in [1.54, 1.807) is 0 Å². The predicted molar refractivity (Wildman–Crippen MR) is 48.6 cm³/mol. The first-order valence-electron chi connectivity index (χ1n) is 4.60. The van der Waals surface area contributed by atoms with Crippen molar-refractivity contribution in [1.82, 2.24) is 5.32 Å². The molecule has 0 saturated heterocycles. The number of rotatable bonds is 7. The molecule has 0 heterocycles. The van der Waals surface area contributed by atoms with Crippen molar-refractivity contribution >= 4 is 0 Å². The zero-order valence-electron chi connectivity index (χ0n) is 7.77. The second kappa shape index (κ2) is 8.02. The summed E-state index contributed by atoms with van der Waals surface area (Å²) in [4.78, 5) is 0. The molecule has 0 spiro atoms. The van der Waals surface area contributed by atoms with Crippen LogP contribution in [0.25, 0.3) is 0 Å². The fourth-order valence-corrected chi connectivity index (χ4v) is 1.16. The minimum absolute atomic E-state index is 0.357. The molecule has 0 bridgehead atoms. The summed E-state index contributed by atoms with van der Waals surface area (Å²) in [5.74, 6) is 0.534. The molecule has 0 saturated carbocycles. The number of unbranched alkanes of at least 4 members (excludes halogenated alkanes) is 1. The maximum absolute atomic E-state index is 8.87. The molecule has 0 aliphatic rings. The molecule has 0 aromatic heterocycles. The fourth-order valence-electron chi connectivity index (χ4n) is 1.16. The zero-order valence-corrected chi connectivity index (χ0v) is 7.77. The molecule has 0 amide bonds. The molecule has 0 aliphatic carbocycles. The van der Waals surface area contributed by atoms with E-state index in [-0.39, 0.29) is 0 Å². The molecule has 0 aliphatic heterocycles. The number of hydrogen-bond donors (Lipinski definition) is 2. The first kappa shape index (κ1) is 10.9. The summed E-state index contributed by atoms with van der Waals surface area (Å²) in [5, 5.41) is 12.0. The molecule has 0 radical (unpaired) electrons. The Bertz CT molecular complexity index is 72.0. The molecule has 0 aromatic rings. The van der Waals surface area contributed by atoms with Gasteiger partial charge < -0.3 is 10.4 Å². The molecule has 2 heteroatoms. The third-order valence-corrected chi connectivity index (χ3v) is 2.12. The summed E-state index contributed by atoms with van der Waals surface area (Å²) in [6, 6.07) is 0. The van der Waals surface area contributed by atoms with Crippen molar-refractivity contribution in [2.75, 3.05) is 20.2 Å². The maximum Gasteiger partial charge on any atom is 0.0459 e. The van der Waals surface area contributed by atoms with Gasteiger partial charge in [-0.05, 0) is 32.4 Å². The molecular formula is C9H21NO. The molecule has 0 fully saturated rings. The minimum Gasteiger partial charge on any atom is -0.396 e. The lowest BCUT2D eigenvalue weighted by Gasteiger charge is -2.10. The molecule has 2 nitrogen and oxygen atoms in total. The van der Waals surface area contributed by atoms with Gasteiger partial charge in [-0.2, -0.15) is 0 Å². The van der Waals surface area contributed by atoms with Crippen LogP contribution in [0.1, 0.15) is 32.6 Å². The van der Waals surface area contributed by atoms with Crippen LogP contribution in [0.15, 0.2) is 0 Å². The van der Waals surface area contributed by atoms with Gasteiger partial charge in [0.1, 0.15) is 0 Å². The fraction of sp³-hybridized carbons (Fsp3) is 1.00. The summed E-state index contributed by atoms with van der Waals surface area (Å²) in [5.41, 5.74) is 0. The highest BCUT2D eigenvalue weighted by Gasteiger charge is 2.02. The average molecular weight is 159 g/mol. The highest BCUT2D eigenvalue weighted by atomic mass is 16.3. The van der Waals surface area contributed by atoms with E-state index in [2.05, 4.69) is 12.2 Å². The van der Waals surface area contributed by atoms with Gasteiger partial charge in [-0.1, -0.05) is 19.8 Å². The lowest BCUT2D eigenvalue weighted by Crippen LogP contribution is -2.09. The quantitative estimate of drug-likeness (QED) is 0.550. The van der Waals surface area contributed by atoms with Crippen molar-refractivity contribution in [3.63, 3.8) is 0 Å². The van der Waals surface area contributed by atoms with Crippen LogP contribution in [-0.4, -0.2) is 25.3 Å². The smallest absolute Gasteiger partial charge is 0.0459 e. The monoisotopic (exact) mass is 159 g/mol. The summed E-state index contributed by atoms with van der Waals surface area (Å²) < 4.78 is 0. The Hall–Kier alpha value is -0.0800. The van der Waals surface area contributed by atoms with E-state index < -0.39 is 0 Å². The largest absolute Gasteiger partial charge is 0.396 e. The van der Waals surface area contributed by atoms with Crippen molar-refractivity contribution in [3.05, 3.63) is 0 Å². The second-order valence-electron chi connectivity index (χ2n) is 3.06. The van der Waals surface area contributed by atoms with Crippen LogP contribution in [0.5, 0.6) is 0 Å². The number of hydrogen-bond acceptors (Lipinski definition) is 2. The Balaban J connectivity index is 3.07. The van der Waals surface area contributed by atoms with Crippen LogP contribution < -0.4 is 5.32 Å². The van der Waals surface area contributed by atoms with Gasteiger partial charge in [0.2, 0.25) is 0 Å². The number of aliphatic hydroxyl groups is 1. The molecule has 1 atom stereocenters. The van der Waals surface area contributed by atoms with Crippen molar-refractivity contribution in [1.29, 1.82) is 0 Å². The van der Waals surface area contributed by atoms with Crippen LogP contribution in [0.2, 0.25) is 0 Å². The zero-order chi connectivity index (χ0) is 8.53. The Morgan fingerprint density at radius 2 is 2.09 bits per heavy atom. The number of aliphatic hydroxyl groups excluding tert-OH is 1. The SMILES string of the molecule is CCC(CO)CCCCNC. The van der Waals surface area contributed by atoms with Crippen LogP contribution in [-0.2, 0) is 0 Å². The standard InChI is InChI=1S/C9H21NO/c1-3-9(8-11)6-4-5-7-10-2/h9-11H,3-8H2,1-2H3. The lowest BCUT2D eigenvalue weighted by molar-refractivity contribution is 0.212. The molecule has 2 N–H and O–H groups in total. The molecule has 1 unspecified atom stereocenters. The first-order valence-corrected chi connectivity index (χ1v) is 4.60. The summed E-state index contributed by atoms with van der Waals surface area (Å²) in [7, 11) is 1.98. The van der Waals surface area contributed by atoms with E-state index in [1.165, 1.54) is 19.3 Å². The van der Waals surface area contributed by atoms with Crippen molar-refractivity contribution in [2.45, 2.75) is 32.6 Å². The molecule has 11 heavy (non-hydrogen) atoms. The Morgan fingerprint density at radius 3 is 2.55 bits per heavy atom. The van der Waals surface area contributed by atoms with E-state index in [4.69, 9.17) is 5.11 Å². The van der Waals surface area contributed by atoms with Crippen LogP contribution in [0.4, 0.5) is 0 Å². The Morgan fingerprint density at radius 1 is 1.36 bits per heavy atom. The normalized spacial score (nSPS) is 13.4.